The average Bonchev–Trinajstić information content (AvgIpc) is 2.83. The Morgan fingerprint density at radius 2 is 1.68 bits per heavy atom. The molecule has 0 bridgehead atoms. The van der Waals surface area contributed by atoms with E-state index in [2.05, 4.69) is 10.6 Å². The van der Waals surface area contributed by atoms with Crippen molar-refractivity contribution in [1.29, 1.82) is 0 Å². The van der Waals surface area contributed by atoms with E-state index < -0.39 is 35.7 Å². The van der Waals surface area contributed by atoms with Gasteiger partial charge in [0, 0.05) is 12.6 Å². The van der Waals surface area contributed by atoms with E-state index in [0.29, 0.717) is 17.7 Å². The van der Waals surface area contributed by atoms with Crippen LogP contribution in [0.2, 0.25) is 0 Å². The number of rotatable bonds is 14. The first-order valence-electron chi connectivity index (χ1n) is 13.2. The van der Waals surface area contributed by atoms with Gasteiger partial charge in [-0.05, 0) is 77.5 Å². The number of ether oxygens (including phenoxy) is 2. The van der Waals surface area contributed by atoms with Gasteiger partial charge in [-0.1, -0.05) is 31.2 Å². The van der Waals surface area contributed by atoms with Crippen LogP contribution in [0.1, 0.15) is 78.5 Å². The highest BCUT2D eigenvalue weighted by Crippen LogP contribution is 2.26. The van der Waals surface area contributed by atoms with Crippen LogP contribution in [0.25, 0.3) is 0 Å². The fourth-order valence-corrected chi connectivity index (χ4v) is 4.27. The molecule has 214 valence electrons. The van der Waals surface area contributed by atoms with E-state index in [1.54, 1.807) is 39.5 Å². The maximum atomic E-state index is 14.0. The van der Waals surface area contributed by atoms with Crippen molar-refractivity contribution in [2.45, 2.75) is 91.5 Å². The number of alkyl carbamates (subject to hydrolysis) is 1. The molecule has 0 heterocycles. The largest absolute Gasteiger partial charge is 0.466 e. The van der Waals surface area contributed by atoms with Crippen molar-refractivity contribution >= 4 is 35.6 Å². The second-order valence-corrected chi connectivity index (χ2v) is 11.1. The quantitative estimate of drug-likeness (QED) is 0.332. The monoisotopic (exact) mass is 551 g/mol. The summed E-state index contributed by atoms with van der Waals surface area (Å²) in [6.07, 6.45) is 2.45. The lowest BCUT2D eigenvalue weighted by molar-refractivity contribution is -0.145. The highest BCUT2D eigenvalue weighted by atomic mass is 32.2. The van der Waals surface area contributed by atoms with Crippen molar-refractivity contribution in [3.63, 3.8) is 0 Å². The highest BCUT2D eigenvalue weighted by Gasteiger charge is 2.37. The van der Waals surface area contributed by atoms with Crippen LogP contribution in [0.5, 0.6) is 0 Å². The molecule has 1 aromatic rings. The molecule has 10 heteroatoms. The molecule has 2 atom stereocenters. The number of esters is 1. The van der Waals surface area contributed by atoms with Gasteiger partial charge in [-0.15, -0.1) is 0 Å². The molecule has 0 fully saturated rings. The molecular weight excluding hydrogens is 506 g/mol. The fourth-order valence-electron chi connectivity index (χ4n) is 3.79. The van der Waals surface area contributed by atoms with E-state index in [1.807, 2.05) is 51.3 Å². The number of thioether (sulfide) groups is 1. The lowest BCUT2D eigenvalue weighted by Gasteiger charge is -2.37. The molecule has 0 saturated carbocycles. The van der Waals surface area contributed by atoms with Crippen molar-refractivity contribution in [1.82, 2.24) is 15.5 Å². The molecule has 0 aliphatic carbocycles. The molecule has 0 aliphatic rings. The predicted octanol–water partition coefficient (Wildman–Crippen LogP) is 4.24. The number of amides is 3. The van der Waals surface area contributed by atoms with Gasteiger partial charge in [0.05, 0.1) is 13.0 Å². The van der Waals surface area contributed by atoms with Crippen molar-refractivity contribution in [3.8, 4) is 0 Å². The first-order chi connectivity index (χ1) is 17.8. The summed E-state index contributed by atoms with van der Waals surface area (Å²) in [6, 6.07) is 5.33. The Morgan fingerprint density at radius 1 is 1.05 bits per heavy atom. The van der Waals surface area contributed by atoms with E-state index >= 15 is 0 Å². The third-order valence-electron chi connectivity index (χ3n) is 5.57. The highest BCUT2D eigenvalue weighted by molar-refractivity contribution is 7.98. The summed E-state index contributed by atoms with van der Waals surface area (Å²) in [7, 11) is 0. The van der Waals surface area contributed by atoms with Crippen LogP contribution in [0.3, 0.4) is 0 Å². The maximum absolute atomic E-state index is 14.0. The van der Waals surface area contributed by atoms with Gasteiger partial charge in [-0.3, -0.25) is 14.4 Å². The third-order valence-corrected chi connectivity index (χ3v) is 6.22. The summed E-state index contributed by atoms with van der Waals surface area (Å²) >= 11 is 1.55. The minimum absolute atomic E-state index is 0.0211. The molecule has 0 aromatic heterocycles. The summed E-state index contributed by atoms with van der Waals surface area (Å²) in [6.45, 7) is 13.0. The minimum atomic E-state index is -0.965. The van der Waals surface area contributed by atoms with Gasteiger partial charge in [0.25, 0.3) is 0 Å². The zero-order valence-electron chi connectivity index (χ0n) is 24.1. The summed E-state index contributed by atoms with van der Waals surface area (Å²) < 4.78 is 10.4. The Hall–Kier alpha value is -2.75. The fraction of sp³-hybridized carbons (Fsp3) is 0.643. The number of nitrogens with zero attached hydrogens (tertiary/aromatic N) is 1. The topological polar surface area (TPSA) is 114 Å². The van der Waals surface area contributed by atoms with Crippen LogP contribution in [0, 0.1) is 0 Å². The summed E-state index contributed by atoms with van der Waals surface area (Å²) in [4.78, 5) is 53.4. The smallest absolute Gasteiger partial charge is 0.408 e. The molecule has 1 aromatic carbocycles. The lowest BCUT2D eigenvalue weighted by atomic mass is 9.99. The van der Waals surface area contributed by atoms with Crippen LogP contribution in [-0.4, -0.2) is 71.6 Å². The number of hydrogen-bond acceptors (Lipinski definition) is 7. The van der Waals surface area contributed by atoms with Crippen molar-refractivity contribution in [2.75, 3.05) is 25.2 Å². The minimum Gasteiger partial charge on any atom is -0.466 e. The second kappa shape index (κ2) is 16.3. The molecule has 0 aliphatic heterocycles. The molecule has 1 rings (SSSR count). The Bertz CT molecular complexity index is 914. The van der Waals surface area contributed by atoms with Gasteiger partial charge in [-0.25, -0.2) is 4.79 Å². The molecule has 0 saturated heterocycles. The van der Waals surface area contributed by atoms with E-state index in [4.69, 9.17) is 9.47 Å². The van der Waals surface area contributed by atoms with Crippen molar-refractivity contribution in [2.24, 2.45) is 0 Å². The van der Waals surface area contributed by atoms with Crippen LogP contribution < -0.4 is 10.6 Å². The van der Waals surface area contributed by atoms with E-state index in [9.17, 15) is 19.2 Å². The summed E-state index contributed by atoms with van der Waals surface area (Å²) in [5.74, 6) is -0.585. The average molecular weight is 552 g/mol. The number of benzene rings is 1. The van der Waals surface area contributed by atoms with E-state index in [1.165, 1.54) is 4.90 Å². The van der Waals surface area contributed by atoms with Gasteiger partial charge >= 0.3 is 12.1 Å². The van der Waals surface area contributed by atoms with Crippen LogP contribution >= 0.6 is 11.8 Å². The second-order valence-electron chi connectivity index (χ2n) is 10.2. The molecule has 0 radical (unpaired) electrons. The Labute approximate surface area is 231 Å². The zero-order valence-corrected chi connectivity index (χ0v) is 24.9. The van der Waals surface area contributed by atoms with Gasteiger partial charge in [-0.2, -0.15) is 11.8 Å². The molecule has 2 unspecified atom stereocenters. The standard InChI is InChI=1S/C28H45N3O6S/c1-9-20-11-13-21(14-12-20)24(25(33)29-17-15-23(32)36-10-2)31(19(3)4)26(34)22(16-18-38-8)30-27(35)37-28(5,6)7/h11-14,19,22,24H,9-10,15-18H2,1-8H3,(H,29,33)(H,30,35). The Morgan fingerprint density at radius 3 is 2.18 bits per heavy atom. The molecule has 38 heavy (non-hydrogen) atoms. The van der Waals surface area contributed by atoms with Gasteiger partial charge < -0.3 is 25.0 Å². The Balaban J connectivity index is 3.36. The lowest BCUT2D eigenvalue weighted by Crippen LogP contribution is -2.55. The predicted molar refractivity (Wildman–Crippen MR) is 151 cm³/mol. The summed E-state index contributed by atoms with van der Waals surface area (Å²) in [5.41, 5.74) is 1.01. The zero-order chi connectivity index (χ0) is 28.9. The van der Waals surface area contributed by atoms with E-state index in [-0.39, 0.29) is 31.5 Å². The first-order valence-corrected chi connectivity index (χ1v) is 14.6. The number of carbonyl (C=O) groups is 4. The van der Waals surface area contributed by atoms with Crippen molar-refractivity contribution in [3.05, 3.63) is 35.4 Å². The normalized spacial score (nSPS) is 12.9. The molecule has 2 N–H and O–H groups in total. The van der Waals surface area contributed by atoms with Crippen LogP contribution in [0.15, 0.2) is 24.3 Å². The number of carbonyl (C=O) groups excluding carboxylic acids is 4. The van der Waals surface area contributed by atoms with Crippen LogP contribution in [0.4, 0.5) is 4.79 Å². The first kappa shape index (κ1) is 33.3. The number of aryl methyl sites for hydroxylation is 1. The van der Waals surface area contributed by atoms with Gasteiger partial charge in [0.15, 0.2) is 0 Å². The SMILES string of the molecule is CCOC(=O)CCNC(=O)C(c1ccc(CC)cc1)N(C(=O)C(CCSC)NC(=O)OC(C)(C)C)C(C)C. The maximum Gasteiger partial charge on any atom is 0.408 e. The van der Waals surface area contributed by atoms with Gasteiger partial charge in [0.2, 0.25) is 11.8 Å². The number of hydrogen-bond donors (Lipinski definition) is 2. The Kier molecular flexibility index (Phi) is 14.2. The number of nitrogens with one attached hydrogen (secondary N) is 2. The van der Waals surface area contributed by atoms with E-state index in [0.717, 1.165) is 12.0 Å². The third kappa shape index (κ3) is 11.3. The summed E-state index contributed by atoms with van der Waals surface area (Å²) in [5, 5.41) is 5.51. The van der Waals surface area contributed by atoms with Gasteiger partial charge in [0.1, 0.15) is 17.7 Å². The molecular formula is C28H45N3O6S. The molecule has 0 spiro atoms. The van der Waals surface area contributed by atoms with Crippen LogP contribution in [-0.2, 0) is 30.3 Å². The van der Waals surface area contributed by atoms with Crippen molar-refractivity contribution < 1.29 is 28.7 Å². The molecule has 3 amide bonds. The molecule has 9 nitrogen and oxygen atoms in total.